The normalized spacial score (nSPS) is 10.4. The minimum atomic E-state index is -0.354. The van der Waals surface area contributed by atoms with E-state index in [1.165, 1.54) is 6.07 Å². The van der Waals surface area contributed by atoms with E-state index in [0.717, 1.165) is 5.56 Å². The van der Waals surface area contributed by atoms with Crippen molar-refractivity contribution in [3.63, 3.8) is 0 Å². The smallest absolute Gasteiger partial charge is 0.131 e. The summed E-state index contributed by atoms with van der Waals surface area (Å²) in [5.41, 5.74) is 7.50. The lowest BCUT2D eigenvalue weighted by molar-refractivity contribution is 0.184. The molecule has 0 atom stereocenters. The van der Waals surface area contributed by atoms with Gasteiger partial charge in [0.05, 0.1) is 6.61 Å². The number of hydrogen-bond donors (Lipinski definition) is 1. The largest absolute Gasteiger partial charge is 0.489 e. The average molecular weight is 261 g/mol. The highest BCUT2D eigenvalue weighted by molar-refractivity contribution is 5.47. The van der Waals surface area contributed by atoms with Crippen LogP contribution in [0.15, 0.2) is 42.5 Å². The van der Waals surface area contributed by atoms with Crippen molar-refractivity contribution in [1.29, 1.82) is 0 Å². The Morgan fingerprint density at radius 2 is 1.89 bits per heavy atom. The first-order valence-corrected chi connectivity index (χ1v) is 5.94. The average Bonchev–Trinajstić information content (AvgIpc) is 2.39. The third-order valence-corrected chi connectivity index (χ3v) is 2.75. The second-order valence-corrected chi connectivity index (χ2v) is 4.18. The first kappa shape index (κ1) is 13.4. The highest BCUT2D eigenvalue weighted by Gasteiger charge is 2.07. The van der Waals surface area contributed by atoms with Gasteiger partial charge in [0, 0.05) is 18.4 Å². The summed E-state index contributed by atoms with van der Waals surface area (Å²) in [6.07, 6.45) is 0. The number of halogens is 1. The van der Waals surface area contributed by atoms with Crippen LogP contribution in [0.1, 0.15) is 11.1 Å². The molecule has 2 aromatic rings. The molecule has 0 fully saturated rings. The van der Waals surface area contributed by atoms with E-state index in [-0.39, 0.29) is 12.4 Å². The van der Waals surface area contributed by atoms with Crippen LogP contribution in [0.4, 0.5) is 10.1 Å². The molecule has 19 heavy (non-hydrogen) atoms. The SMILES string of the molecule is COCc1cccc(OCc2c(N)cccc2F)c1. The van der Waals surface area contributed by atoms with Crippen molar-refractivity contribution >= 4 is 5.69 Å². The molecule has 2 rings (SSSR count). The third-order valence-electron chi connectivity index (χ3n) is 2.75. The second kappa shape index (κ2) is 6.20. The van der Waals surface area contributed by atoms with E-state index in [4.69, 9.17) is 15.2 Å². The fraction of sp³-hybridized carbons (Fsp3) is 0.200. The molecular formula is C15H16FNO2. The van der Waals surface area contributed by atoms with Gasteiger partial charge in [0.25, 0.3) is 0 Å². The molecule has 0 aliphatic rings. The quantitative estimate of drug-likeness (QED) is 0.841. The number of anilines is 1. The molecular weight excluding hydrogens is 245 g/mol. The van der Waals surface area contributed by atoms with Crippen LogP contribution in [0.2, 0.25) is 0 Å². The lowest BCUT2D eigenvalue weighted by Gasteiger charge is -2.10. The van der Waals surface area contributed by atoms with Gasteiger partial charge in [0.15, 0.2) is 0 Å². The Kier molecular flexibility index (Phi) is 4.36. The number of hydrogen-bond acceptors (Lipinski definition) is 3. The Hall–Kier alpha value is -2.07. The van der Waals surface area contributed by atoms with Crippen molar-refractivity contribution in [3.05, 3.63) is 59.4 Å². The number of methoxy groups -OCH3 is 1. The molecule has 2 aromatic carbocycles. The predicted octanol–water partition coefficient (Wildman–Crippen LogP) is 3.13. The summed E-state index contributed by atoms with van der Waals surface area (Å²) in [6, 6.07) is 12.1. The molecule has 0 aliphatic carbocycles. The van der Waals surface area contributed by atoms with Crippen LogP contribution in [0, 0.1) is 5.82 Å². The van der Waals surface area contributed by atoms with Crippen LogP contribution in [-0.2, 0) is 18.0 Å². The molecule has 0 unspecified atom stereocenters. The molecule has 0 spiro atoms. The summed E-state index contributed by atoms with van der Waals surface area (Å²) in [5.74, 6) is 0.310. The molecule has 0 heterocycles. The molecule has 0 saturated heterocycles. The Morgan fingerprint density at radius 3 is 2.63 bits per heavy atom. The maximum atomic E-state index is 13.6. The van der Waals surface area contributed by atoms with E-state index in [9.17, 15) is 4.39 Å². The lowest BCUT2D eigenvalue weighted by atomic mass is 10.2. The van der Waals surface area contributed by atoms with Gasteiger partial charge in [-0.2, -0.15) is 0 Å². The van der Waals surface area contributed by atoms with Crippen molar-refractivity contribution in [2.75, 3.05) is 12.8 Å². The maximum absolute atomic E-state index is 13.6. The van der Waals surface area contributed by atoms with Gasteiger partial charge in [-0.25, -0.2) is 4.39 Å². The van der Waals surface area contributed by atoms with Gasteiger partial charge in [-0.15, -0.1) is 0 Å². The van der Waals surface area contributed by atoms with Crippen molar-refractivity contribution < 1.29 is 13.9 Å². The topological polar surface area (TPSA) is 44.5 Å². The predicted molar refractivity (Wildman–Crippen MR) is 72.3 cm³/mol. The van der Waals surface area contributed by atoms with Crippen molar-refractivity contribution in [2.24, 2.45) is 0 Å². The fourth-order valence-corrected chi connectivity index (χ4v) is 1.77. The van der Waals surface area contributed by atoms with E-state index < -0.39 is 0 Å². The summed E-state index contributed by atoms with van der Waals surface area (Å²) in [7, 11) is 1.63. The molecule has 4 heteroatoms. The summed E-state index contributed by atoms with van der Waals surface area (Å²) in [5, 5.41) is 0. The zero-order valence-corrected chi connectivity index (χ0v) is 10.7. The van der Waals surface area contributed by atoms with Gasteiger partial charge in [-0.05, 0) is 29.8 Å². The van der Waals surface area contributed by atoms with Gasteiger partial charge in [-0.3, -0.25) is 0 Å². The molecule has 0 saturated carbocycles. The monoisotopic (exact) mass is 261 g/mol. The van der Waals surface area contributed by atoms with Gasteiger partial charge in [0.1, 0.15) is 18.2 Å². The Labute approximate surface area is 111 Å². The van der Waals surface area contributed by atoms with E-state index in [1.54, 1.807) is 19.2 Å². The first-order chi connectivity index (χ1) is 9.20. The van der Waals surface area contributed by atoms with E-state index in [1.807, 2.05) is 24.3 Å². The summed E-state index contributed by atoms with van der Waals surface area (Å²) >= 11 is 0. The molecule has 0 radical (unpaired) electrons. The fourth-order valence-electron chi connectivity index (χ4n) is 1.77. The zero-order chi connectivity index (χ0) is 13.7. The van der Waals surface area contributed by atoms with Crippen molar-refractivity contribution in [1.82, 2.24) is 0 Å². The van der Waals surface area contributed by atoms with E-state index in [2.05, 4.69) is 0 Å². The minimum absolute atomic E-state index is 0.106. The Bertz CT molecular complexity index is 537. The van der Waals surface area contributed by atoms with Gasteiger partial charge in [-0.1, -0.05) is 18.2 Å². The van der Waals surface area contributed by atoms with Crippen molar-refractivity contribution in [2.45, 2.75) is 13.2 Å². The van der Waals surface area contributed by atoms with Crippen LogP contribution in [0.3, 0.4) is 0 Å². The van der Waals surface area contributed by atoms with Gasteiger partial charge in [0.2, 0.25) is 0 Å². The van der Waals surface area contributed by atoms with Crippen LogP contribution in [0.25, 0.3) is 0 Å². The zero-order valence-electron chi connectivity index (χ0n) is 10.7. The van der Waals surface area contributed by atoms with E-state index in [0.29, 0.717) is 23.6 Å². The molecule has 2 N–H and O–H groups in total. The Balaban J connectivity index is 2.08. The van der Waals surface area contributed by atoms with Crippen LogP contribution >= 0.6 is 0 Å². The van der Waals surface area contributed by atoms with Gasteiger partial charge >= 0.3 is 0 Å². The maximum Gasteiger partial charge on any atom is 0.131 e. The number of nitrogen functional groups attached to an aromatic ring is 1. The molecule has 3 nitrogen and oxygen atoms in total. The van der Waals surface area contributed by atoms with Crippen LogP contribution in [-0.4, -0.2) is 7.11 Å². The number of ether oxygens (including phenoxy) is 2. The summed E-state index contributed by atoms with van der Waals surface area (Å²) in [6.45, 7) is 0.619. The molecule has 100 valence electrons. The summed E-state index contributed by atoms with van der Waals surface area (Å²) in [4.78, 5) is 0. The molecule has 0 amide bonds. The molecule has 0 aliphatic heterocycles. The Morgan fingerprint density at radius 1 is 1.11 bits per heavy atom. The lowest BCUT2D eigenvalue weighted by Crippen LogP contribution is -2.03. The van der Waals surface area contributed by atoms with Gasteiger partial charge < -0.3 is 15.2 Å². The minimum Gasteiger partial charge on any atom is -0.489 e. The number of benzene rings is 2. The molecule has 0 aromatic heterocycles. The second-order valence-electron chi connectivity index (χ2n) is 4.18. The molecule has 0 bridgehead atoms. The van der Waals surface area contributed by atoms with Crippen molar-refractivity contribution in [3.8, 4) is 5.75 Å². The number of nitrogens with two attached hydrogens (primary N) is 1. The third kappa shape index (κ3) is 3.45. The highest BCUT2D eigenvalue weighted by Crippen LogP contribution is 2.20. The van der Waals surface area contributed by atoms with E-state index >= 15 is 0 Å². The highest BCUT2D eigenvalue weighted by atomic mass is 19.1. The standard InChI is InChI=1S/C15H16FNO2/c1-18-9-11-4-2-5-12(8-11)19-10-13-14(16)6-3-7-15(13)17/h2-8H,9-10,17H2,1H3. The first-order valence-electron chi connectivity index (χ1n) is 5.94. The van der Waals surface area contributed by atoms with Crippen LogP contribution in [0.5, 0.6) is 5.75 Å². The number of rotatable bonds is 5. The summed E-state index contributed by atoms with van der Waals surface area (Å²) < 4.78 is 24.2. The van der Waals surface area contributed by atoms with Crippen LogP contribution < -0.4 is 10.5 Å².